The van der Waals surface area contributed by atoms with Crippen molar-refractivity contribution in [3.8, 4) is 5.75 Å². The van der Waals surface area contributed by atoms with E-state index in [1.54, 1.807) is 18.3 Å². The summed E-state index contributed by atoms with van der Waals surface area (Å²) in [6.07, 6.45) is 5.98. The minimum atomic E-state index is -0.0813. The molecule has 2 aliphatic heterocycles. The van der Waals surface area contributed by atoms with Gasteiger partial charge in [-0.15, -0.1) is 0 Å². The molecule has 2 atom stereocenters. The van der Waals surface area contributed by atoms with Crippen LogP contribution in [0.15, 0.2) is 48.8 Å². The van der Waals surface area contributed by atoms with Crippen LogP contribution in [0, 0.1) is 0 Å². The van der Waals surface area contributed by atoms with Gasteiger partial charge in [-0.2, -0.15) is 0 Å². The van der Waals surface area contributed by atoms with Gasteiger partial charge in [-0.3, -0.25) is 9.78 Å². The maximum absolute atomic E-state index is 12.7. The smallest absolute Gasteiger partial charge is 0.251 e. The number of carbonyl (C=O) groups is 1. The van der Waals surface area contributed by atoms with E-state index in [2.05, 4.69) is 16.4 Å². The molecule has 2 saturated heterocycles. The number of benzene rings is 1. The molecule has 2 aliphatic rings. The fourth-order valence-corrected chi connectivity index (χ4v) is 4.03. The molecule has 0 spiro atoms. The molecule has 1 aromatic carbocycles. The lowest BCUT2D eigenvalue weighted by atomic mass is 10.1. The van der Waals surface area contributed by atoms with Crippen molar-refractivity contribution < 1.29 is 23.9 Å². The Balaban J connectivity index is 1.33. The minimum Gasteiger partial charge on any atom is -0.491 e. The zero-order chi connectivity index (χ0) is 20.6. The molecule has 7 heteroatoms. The molecule has 4 rings (SSSR count). The van der Waals surface area contributed by atoms with Crippen LogP contribution in [0.1, 0.15) is 34.8 Å². The van der Waals surface area contributed by atoms with Gasteiger partial charge in [0.15, 0.2) is 0 Å². The Kier molecular flexibility index (Phi) is 7.29. The maximum atomic E-state index is 12.7. The molecular formula is C23H30N3O4+. The Bertz CT molecular complexity index is 788. The van der Waals surface area contributed by atoms with Crippen LogP contribution in [0.25, 0.3) is 0 Å². The molecule has 2 aromatic rings. The van der Waals surface area contributed by atoms with Crippen molar-refractivity contribution in [1.29, 1.82) is 0 Å². The van der Waals surface area contributed by atoms with E-state index < -0.39 is 0 Å². The number of carbonyl (C=O) groups excluding carboxylic acids is 1. The summed E-state index contributed by atoms with van der Waals surface area (Å²) in [5.74, 6) is 0.676. The topological polar surface area (TPSA) is 74.1 Å². The molecule has 0 saturated carbocycles. The highest BCUT2D eigenvalue weighted by atomic mass is 16.5. The van der Waals surface area contributed by atoms with Crippen molar-refractivity contribution in [2.75, 3.05) is 46.1 Å². The van der Waals surface area contributed by atoms with Crippen LogP contribution in [0.5, 0.6) is 5.75 Å². The van der Waals surface area contributed by atoms with Crippen molar-refractivity contribution in [3.63, 3.8) is 0 Å². The van der Waals surface area contributed by atoms with Gasteiger partial charge in [0.05, 0.1) is 25.9 Å². The van der Waals surface area contributed by atoms with Gasteiger partial charge in [-0.25, -0.2) is 0 Å². The third kappa shape index (κ3) is 5.56. The fourth-order valence-electron chi connectivity index (χ4n) is 4.03. The lowest BCUT2D eigenvalue weighted by Gasteiger charge is -2.31. The summed E-state index contributed by atoms with van der Waals surface area (Å²) in [5.41, 5.74) is 1.76. The SMILES string of the molecule is O=C(NC[C@@H](c1cccnc1)[NH+]1CCOCC1)c1ccc(OC[C@@H]2CCCO2)cc1. The number of amides is 1. The van der Waals surface area contributed by atoms with Crippen molar-refractivity contribution >= 4 is 5.91 Å². The van der Waals surface area contributed by atoms with Gasteiger partial charge in [0, 0.05) is 30.1 Å². The molecule has 0 unspecified atom stereocenters. The highest BCUT2D eigenvalue weighted by Crippen LogP contribution is 2.17. The highest BCUT2D eigenvalue weighted by molar-refractivity contribution is 5.94. The van der Waals surface area contributed by atoms with Crippen molar-refractivity contribution in [3.05, 3.63) is 59.9 Å². The number of nitrogens with one attached hydrogen (secondary N) is 2. The van der Waals surface area contributed by atoms with Crippen molar-refractivity contribution in [2.45, 2.75) is 25.0 Å². The van der Waals surface area contributed by atoms with E-state index in [1.807, 2.05) is 24.4 Å². The molecule has 0 radical (unpaired) electrons. The highest BCUT2D eigenvalue weighted by Gasteiger charge is 2.27. The quantitative estimate of drug-likeness (QED) is 0.678. The van der Waals surface area contributed by atoms with Gasteiger partial charge < -0.3 is 24.4 Å². The normalized spacial score (nSPS) is 20.6. The second-order valence-electron chi connectivity index (χ2n) is 7.79. The molecule has 0 aliphatic carbocycles. The van der Waals surface area contributed by atoms with E-state index in [0.29, 0.717) is 18.7 Å². The standard InChI is InChI=1S/C23H29N3O4/c27-23(18-5-7-20(8-6-18)30-17-21-4-2-12-29-21)25-16-22(19-3-1-9-24-15-19)26-10-13-28-14-11-26/h1,3,5-9,15,21-22H,2,4,10-14,16-17H2,(H,25,27)/p+1/t21-,22-/m0/s1. The van der Waals surface area contributed by atoms with Gasteiger partial charge in [0.25, 0.3) is 5.91 Å². The monoisotopic (exact) mass is 412 g/mol. The summed E-state index contributed by atoms with van der Waals surface area (Å²) in [5, 5.41) is 3.10. The average molecular weight is 413 g/mol. The number of quaternary nitrogens is 1. The fraction of sp³-hybridized carbons (Fsp3) is 0.478. The Hall–Kier alpha value is -2.48. The Labute approximate surface area is 177 Å². The Morgan fingerprint density at radius 3 is 2.73 bits per heavy atom. The molecule has 2 N–H and O–H groups in total. The molecule has 1 aromatic heterocycles. The minimum absolute atomic E-state index is 0.0813. The van der Waals surface area contributed by atoms with Crippen LogP contribution in [0.3, 0.4) is 0 Å². The number of rotatable bonds is 8. The molecule has 3 heterocycles. The van der Waals surface area contributed by atoms with Crippen LogP contribution in [0.4, 0.5) is 0 Å². The van der Waals surface area contributed by atoms with Gasteiger partial charge in [0.1, 0.15) is 31.5 Å². The second kappa shape index (κ2) is 10.5. The van der Waals surface area contributed by atoms with Crippen LogP contribution in [-0.2, 0) is 9.47 Å². The van der Waals surface area contributed by atoms with Crippen LogP contribution < -0.4 is 15.0 Å². The predicted octanol–water partition coefficient (Wildman–Crippen LogP) is 1.03. The first kappa shape index (κ1) is 20.8. The summed E-state index contributed by atoms with van der Waals surface area (Å²) in [4.78, 5) is 18.4. The third-order valence-electron chi connectivity index (χ3n) is 5.76. The first-order valence-electron chi connectivity index (χ1n) is 10.7. The first-order valence-corrected chi connectivity index (χ1v) is 10.7. The van der Waals surface area contributed by atoms with Crippen LogP contribution in [0.2, 0.25) is 0 Å². The maximum Gasteiger partial charge on any atom is 0.251 e. The van der Waals surface area contributed by atoms with E-state index in [4.69, 9.17) is 14.2 Å². The van der Waals surface area contributed by atoms with Gasteiger partial charge >= 0.3 is 0 Å². The van der Waals surface area contributed by atoms with Gasteiger partial charge in [-0.05, 0) is 49.2 Å². The number of pyridine rings is 1. The third-order valence-corrected chi connectivity index (χ3v) is 5.76. The summed E-state index contributed by atoms with van der Waals surface area (Å²) < 4.78 is 16.9. The molecule has 1 amide bonds. The average Bonchev–Trinajstić information content (AvgIpc) is 3.33. The Morgan fingerprint density at radius 1 is 1.20 bits per heavy atom. The molecule has 0 bridgehead atoms. The molecule has 160 valence electrons. The molecular weight excluding hydrogens is 382 g/mol. The summed E-state index contributed by atoms with van der Waals surface area (Å²) in [7, 11) is 0. The number of aromatic nitrogens is 1. The van der Waals surface area contributed by atoms with Gasteiger partial charge in [0.2, 0.25) is 0 Å². The second-order valence-corrected chi connectivity index (χ2v) is 7.79. The molecule has 7 nitrogen and oxygen atoms in total. The zero-order valence-corrected chi connectivity index (χ0v) is 17.2. The van der Waals surface area contributed by atoms with Crippen molar-refractivity contribution in [2.24, 2.45) is 0 Å². The Morgan fingerprint density at radius 2 is 2.03 bits per heavy atom. The lowest BCUT2D eigenvalue weighted by Crippen LogP contribution is -3.15. The number of morpholine rings is 1. The van der Waals surface area contributed by atoms with Crippen LogP contribution in [-0.4, -0.2) is 63.1 Å². The number of nitrogens with zero attached hydrogens (tertiary/aromatic N) is 1. The molecule has 30 heavy (non-hydrogen) atoms. The lowest BCUT2D eigenvalue weighted by molar-refractivity contribution is -0.937. The zero-order valence-electron chi connectivity index (χ0n) is 17.2. The van der Waals surface area contributed by atoms with E-state index in [1.165, 1.54) is 4.90 Å². The number of ether oxygens (including phenoxy) is 3. The van der Waals surface area contributed by atoms with E-state index in [-0.39, 0.29) is 18.1 Å². The number of hydrogen-bond acceptors (Lipinski definition) is 5. The number of hydrogen-bond donors (Lipinski definition) is 2. The predicted molar refractivity (Wildman–Crippen MR) is 112 cm³/mol. The van der Waals surface area contributed by atoms with E-state index in [0.717, 1.165) is 57.1 Å². The first-order chi connectivity index (χ1) is 14.8. The largest absolute Gasteiger partial charge is 0.491 e. The van der Waals surface area contributed by atoms with Gasteiger partial charge in [-0.1, -0.05) is 0 Å². The van der Waals surface area contributed by atoms with E-state index in [9.17, 15) is 4.79 Å². The van der Waals surface area contributed by atoms with Crippen LogP contribution >= 0.6 is 0 Å². The summed E-state index contributed by atoms with van der Waals surface area (Å²) >= 11 is 0. The van der Waals surface area contributed by atoms with Crippen molar-refractivity contribution in [1.82, 2.24) is 10.3 Å². The van der Waals surface area contributed by atoms with E-state index >= 15 is 0 Å². The summed E-state index contributed by atoms with van der Waals surface area (Å²) in [6, 6.07) is 11.5. The summed E-state index contributed by atoms with van der Waals surface area (Å²) in [6.45, 7) is 5.26. The molecule has 2 fully saturated rings.